The molecule has 6 nitrogen and oxygen atoms in total. The molecule has 1 N–H and O–H groups in total. The van der Waals surface area contributed by atoms with Gasteiger partial charge in [-0.1, -0.05) is 23.7 Å². The summed E-state index contributed by atoms with van der Waals surface area (Å²) in [7, 11) is 0. The monoisotopic (exact) mass is 300 g/mol. The minimum absolute atomic E-state index is 0.508. The second-order valence-electron chi connectivity index (χ2n) is 4.29. The summed E-state index contributed by atoms with van der Waals surface area (Å²) in [4.78, 5) is 17.3. The average Bonchev–Trinajstić information content (AvgIpc) is 3.01. The van der Waals surface area contributed by atoms with Gasteiger partial charge in [-0.25, -0.2) is 4.98 Å². The molecule has 2 aromatic heterocycles. The normalized spacial score (nSPS) is 10.6. The van der Waals surface area contributed by atoms with Crippen molar-refractivity contribution in [2.24, 2.45) is 0 Å². The smallest absolute Gasteiger partial charge is 0.240 e. The molecular weight excluding hydrogens is 288 g/mol. The fraction of sp³-hybridized carbons (Fsp3) is 0.143. The van der Waals surface area contributed by atoms with E-state index in [0.717, 1.165) is 12.1 Å². The van der Waals surface area contributed by atoms with Crippen LogP contribution in [0.25, 0.3) is 17.3 Å². The largest absolute Gasteiger partial charge is 0.354 e. The number of hydrogen-bond acceptors (Lipinski definition) is 5. The fourth-order valence-corrected chi connectivity index (χ4v) is 2.04. The summed E-state index contributed by atoms with van der Waals surface area (Å²) in [6.45, 7) is 2.71. The van der Waals surface area contributed by atoms with Gasteiger partial charge in [0.1, 0.15) is 6.33 Å². The van der Waals surface area contributed by atoms with Gasteiger partial charge in [0.15, 0.2) is 5.82 Å². The van der Waals surface area contributed by atoms with E-state index in [1.807, 2.05) is 31.2 Å². The number of anilines is 1. The Morgan fingerprint density at radius 3 is 2.86 bits per heavy atom. The fourth-order valence-electron chi connectivity index (χ4n) is 1.85. The third-order valence-electron chi connectivity index (χ3n) is 2.78. The molecule has 0 unspecified atom stereocenters. The number of imidazole rings is 1. The summed E-state index contributed by atoms with van der Waals surface area (Å²) in [5, 5.41) is 3.75. The van der Waals surface area contributed by atoms with Crippen molar-refractivity contribution in [3.05, 3.63) is 48.0 Å². The molecule has 106 valence electrons. The lowest BCUT2D eigenvalue weighted by Crippen LogP contribution is -2.09. The lowest BCUT2D eigenvalue weighted by atomic mass is 10.2. The Morgan fingerprint density at radius 1 is 1.24 bits per heavy atom. The van der Waals surface area contributed by atoms with E-state index in [1.54, 1.807) is 23.3 Å². The molecule has 0 atom stereocenters. The molecule has 0 aliphatic heterocycles. The lowest BCUT2D eigenvalue weighted by molar-refractivity contribution is 0.896. The number of nitrogens with zero attached hydrogens (tertiary/aromatic N) is 5. The van der Waals surface area contributed by atoms with Crippen LogP contribution in [0.2, 0.25) is 5.02 Å². The van der Waals surface area contributed by atoms with Crippen molar-refractivity contribution < 1.29 is 0 Å². The zero-order valence-corrected chi connectivity index (χ0v) is 12.1. The first-order valence-corrected chi connectivity index (χ1v) is 6.88. The van der Waals surface area contributed by atoms with E-state index in [0.29, 0.717) is 22.7 Å². The molecule has 0 bridgehead atoms. The van der Waals surface area contributed by atoms with Crippen LogP contribution in [0.3, 0.4) is 0 Å². The Morgan fingerprint density at radius 2 is 2.14 bits per heavy atom. The second kappa shape index (κ2) is 5.88. The first kappa shape index (κ1) is 13.5. The van der Waals surface area contributed by atoms with Crippen molar-refractivity contribution >= 4 is 17.5 Å². The molecule has 0 aliphatic rings. The first-order valence-electron chi connectivity index (χ1n) is 6.50. The van der Waals surface area contributed by atoms with Gasteiger partial charge in [-0.2, -0.15) is 15.0 Å². The minimum Gasteiger partial charge on any atom is -0.354 e. The number of aromatic nitrogens is 5. The van der Waals surface area contributed by atoms with Gasteiger partial charge in [-0.15, -0.1) is 0 Å². The van der Waals surface area contributed by atoms with Crippen LogP contribution in [0, 0.1) is 0 Å². The summed E-state index contributed by atoms with van der Waals surface area (Å²) >= 11 is 6.03. The molecule has 0 radical (unpaired) electrons. The molecule has 0 amide bonds. The molecule has 7 heteroatoms. The standard InChI is InChI=1S/C14H13ClN6/c1-2-17-13-18-12(10-4-3-5-11(15)8-10)19-14(20-13)21-7-6-16-9-21/h3-9H,2H2,1H3,(H,17,18,19,20). The third kappa shape index (κ3) is 3.00. The van der Waals surface area contributed by atoms with Gasteiger partial charge in [0.05, 0.1) is 0 Å². The van der Waals surface area contributed by atoms with Gasteiger partial charge in [0.2, 0.25) is 11.9 Å². The van der Waals surface area contributed by atoms with Crippen LogP contribution in [0.5, 0.6) is 0 Å². The molecule has 1 aromatic carbocycles. The maximum atomic E-state index is 6.03. The zero-order chi connectivity index (χ0) is 14.7. The summed E-state index contributed by atoms with van der Waals surface area (Å²) in [6.07, 6.45) is 5.11. The van der Waals surface area contributed by atoms with E-state index in [2.05, 4.69) is 25.3 Å². The topological polar surface area (TPSA) is 68.5 Å². The summed E-state index contributed by atoms with van der Waals surface area (Å²) in [5.74, 6) is 1.59. The molecule has 0 aliphatic carbocycles. The van der Waals surface area contributed by atoms with Crippen LogP contribution in [0.4, 0.5) is 5.95 Å². The van der Waals surface area contributed by atoms with Crippen LogP contribution in [-0.2, 0) is 0 Å². The Hall–Kier alpha value is -2.47. The van der Waals surface area contributed by atoms with E-state index in [1.165, 1.54) is 0 Å². The Bertz CT molecular complexity index is 741. The average molecular weight is 301 g/mol. The van der Waals surface area contributed by atoms with Crippen LogP contribution in [-0.4, -0.2) is 31.0 Å². The summed E-state index contributed by atoms with van der Waals surface area (Å²) in [6, 6.07) is 7.42. The number of nitrogens with one attached hydrogen (secondary N) is 1. The van der Waals surface area contributed by atoms with E-state index >= 15 is 0 Å². The molecule has 3 rings (SSSR count). The van der Waals surface area contributed by atoms with E-state index in [-0.39, 0.29) is 0 Å². The highest BCUT2D eigenvalue weighted by atomic mass is 35.5. The van der Waals surface area contributed by atoms with E-state index in [9.17, 15) is 0 Å². The molecule has 2 heterocycles. The Labute approximate surface area is 126 Å². The van der Waals surface area contributed by atoms with Crippen LogP contribution in [0.15, 0.2) is 43.0 Å². The Balaban J connectivity index is 2.11. The van der Waals surface area contributed by atoms with Gasteiger partial charge >= 0.3 is 0 Å². The molecule has 0 spiro atoms. The highest BCUT2D eigenvalue weighted by Crippen LogP contribution is 2.21. The Kier molecular flexibility index (Phi) is 3.79. The van der Waals surface area contributed by atoms with Crippen molar-refractivity contribution in [3.8, 4) is 17.3 Å². The summed E-state index contributed by atoms with van der Waals surface area (Å²) < 4.78 is 1.73. The molecule has 21 heavy (non-hydrogen) atoms. The van der Waals surface area contributed by atoms with Crippen LogP contribution < -0.4 is 5.32 Å². The minimum atomic E-state index is 0.508. The lowest BCUT2D eigenvalue weighted by Gasteiger charge is -2.08. The highest BCUT2D eigenvalue weighted by molar-refractivity contribution is 6.30. The number of hydrogen-bond donors (Lipinski definition) is 1. The van der Waals surface area contributed by atoms with Crippen molar-refractivity contribution in [1.82, 2.24) is 24.5 Å². The molecule has 0 saturated carbocycles. The van der Waals surface area contributed by atoms with Gasteiger partial charge in [-0.3, -0.25) is 4.57 Å². The van der Waals surface area contributed by atoms with Crippen molar-refractivity contribution in [2.75, 3.05) is 11.9 Å². The van der Waals surface area contributed by atoms with Crippen molar-refractivity contribution in [3.63, 3.8) is 0 Å². The predicted molar refractivity (Wildman–Crippen MR) is 81.6 cm³/mol. The molecule has 0 fully saturated rings. The van der Waals surface area contributed by atoms with E-state index < -0.39 is 0 Å². The second-order valence-corrected chi connectivity index (χ2v) is 4.73. The molecular formula is C14H13ClN6. The predicted octanol–water partition coefficient (Wildman–Crippen LogP) is 2.81. The number of halogens is 1. The molecule has 0 saturated heterocycles. The maximum absolute atomic E-state index is 6.03. The van der Waals surface area contributed by atoms with Gasteiger partial charge in [0, 0.05) is 29.5 Å². The first-order chi connectivity index (χ1) is 10.3. The van der Waals surface area contributed by atoms with Crippen molar-refractivity contribution in [2.45, 2.75) is 6.92 Å². The van der Waals surface area contributed by atoms with Crippen LogP contribution in [0.1, 0.15) is 6.92 Å². The SMILES string of the molecule is CCNc1nc(-c2cccc(Cl)c2)nc(-n2ccnc2)n1. The molecule has 3 aromatic rings. The zero-order valence-electron chi connectivity index (χ0n) is 11.4. The number of rotatable bonds is 4. The third-order valence-corrected chi connectivity index (χ3v) is 3.01. The van der Waals surface area contributed by atoms with Crippen LogP contribution >= 0.6 is 11.6 Å². The maximum Gasteiger partial charge on any atom is 0.240 e. The number of benzene rings is 1. The van der Waals surface area contributed by atoms with Gasteiger partial charge < -0.3 is 5.32 Å². The van der Waals surface area contributed by atoms with Crippen molar-refractivity contribution in [1.29, 1.82) is 0 Å². The highest BCUT2D eigenvalue weighted by Gasteiger charge is 2.09. The van der Waals surface area contributed by atoms with Gasteiger partial charge in [0.25, 0.3) is 0 Å². The quantitative estimate of drug-likeness (QED) is 0.802. The summed E-state index contributed by atoms with van der Waals surface area (Å²) in [5.41, 5.74) is 0.838. The van der Waals surface area contributed by atoms with Gasteiger partial charge in [-0.05, 0) is 19.1 Å². The van der Waals surface area contributed by atoms with E-state index in [4.69, 9.17) is 11.6 Å².